The molecule has 0 aromatic rings. The first-order chi connectivity index (χ1) is 6.06. The van der Waals surface area contributed by atoms with Crippen molar-refractivity contribution in [2.75, 3.05) is 0 Å². The summed E-state index contributed by atoms with van der Waals surface area (Å²) in [6, 6.07) is 1.34. The van der Waals surface area contributed by atoms with Gasteiger partial charge in [-0.2, -0.15) is 0 Å². The topological polar surface area (TPSA) is 0 Å². The van der Waals surface area contributed by atoms with Crippen LogP contribution in [0.2, 0.25) is 19.1 Å². The van der Waals surface area contributed by atoms with E-state index >= 15 is 0 Å². The summed E-state index contributed by atoms with van der Waals surface area (Å²) in [4.78, 5) is 0. The molecule has 0 nitrogen and oxygen atoms in total. The molecule has 0 bridgehead atoms. The Labute approximate surface area is 90.6 Å². The van der Waals surface area contributed by atoms with Gasteiger partial charge in [0, 0.05) is 0 Å². The molecule has 0 unspecified atom stereocenters. The predicted molar refractivity (Wildman–Crippen MR) is 67.9 cm³/mol. The lowest BCUT2D eigenvalue weighted by Crippen LogP contribution is -2.15. The third-order valence-electron chi connectivity index (χ3n) is 2.38. The molecular formula is C11H25SSi. The molecule has 1 radical (unpaired) electrons. The number of hydrogen-bond donors (Lipinski definition) is 0. The second kappa shape index (κ2) is 7.92. The molecule has 0 N–H and O–H groups in total. The van der Waals surface area contributed by atoms with Crippen LogP contribution in [0.25, 0.3) is 0 Å². The molecule has 0 saturated carbocycles. The van der Waals surface area contributed by atoms with E-state index in [1.165, 1.54) is 51.0 Å². The molecule has 0 heterocycles. The number of rotatable bonds is 8. The molecule has 0 amide bonds. The van der Waals surface area contributed by atoms with E-state index in [4.69, 9.17) is 12.1 Å². The van der Waals surface area contributed by atoms with Crippen LogP contribution in [0.15, 0.2) is 0 Å². The van der Waals surface area contributed by atoms with E-state index in [0.717, 1.165) is 0 Å². The average molecular weight is 217 g/mol. The minimum Gasteiger partial charge on any atom is -0.128 e. The van der Waals surface area contributed by atoms with Gasteiger partial charge in [0.1, 0.15) is 7.22 Å². The molecule has 0 atom stereocenters. The zero-order chi connectivity index (χ0) is 10.2. The Bertz CT molecular complexity index is 107. The van der Waals surface area contributed by atoms with E-state index in [2.05, 4.69) is 20.0 Å². The zero-order valence-corrected chi connectivity index (χ0v) is 11.4. The largest absolute Gasteiger partial charge is 0.128 e. The van der Waals surface area contributed by atoms with Gasteiger partial charge in [0.25, 0.3) is 0 Å². The van der Waals surface area contributed by atoms with Gasteiger partial charge in [0.05, 0.1) is 0 Å². The lowest BCUT2D eigenvalue weighted by molar-refractivity contribution is 0.601. The Balaban J connectivity index is 3.00. The summed E-state index contributed by atoms with van der Waals surface area (Å²) in [5.74, 6) is 0. The molecule has 0 aromatic carbocycles. The van der Waals surface area contributed by atoms with Crippen LogP contribution in [0.4, 0.5) is 0 Å². The quantitative estimate of drug-likeness (QED) is 0.390. The Hall–Kier alpha value is 0.567. The van der Waals surface area contributed by atoms with Crippen molar-refractivity contribution in [2.45, 2.75) is 71.0 Å². The molecule has 13 heavy (non-hydrogen) atoms. The summed E-state index contributed by atoms with van der Waals surface area (Å²) in [5, 5.41) is 0. The Kier molecular flexibility index (Phi) is 8.27. The van der Waals surface area contributed by atoms with E-state index in [1.54, 1.807) is 0 Å². The monoisotopic (exact) mass is 217 g/mol. The second-order valence-electron chi connectivity index (χ2n) is 4.63. The zero-order valence-electron chi connectivity index (χ0n) is 9.57. The second-order valence-corrected chi connectivity index (χ2v) is 12.0. The van der Waals surface area contributed by atoms with Crippen molar-refractivity contribution in [2.24, 2.45) is 0 Å². The van der Waals surface area contributed by atoms with Crippen molar-refractivity contribution >= 4 is 19.3 Å². The van der Waals surface area contributed by atoms with E-state index in [9.17, 15) is 0 Å². The Morgan fingerprint density at radius 3 is 1.77 bits per heavy atom. The van der Waals surface area contributed by atoms with Crippen molar-refractivity contribution in [1.29, 1.82) is 0 Å². The predicted octanol–water partition coefficient (Wildman–Crippen LogP) is 5.14. The standard InChI is InChI=1S/C11H25SSi/c1-4-5-6-7-8-9-10-11-13(2,3)12/h4-11H2,1-3H3. The molecule has 0 aliphatic heterocycles. The lowest BCUT2D eigenvalue weighted by atomic mass is 10.1. The van der Waals surface area contributed by atoms with E-state index < -0.39 is 7.22 Å². The minimum absolute atomic E-state index is 1.15. The molecule has 0 aliphatic rings. The smallest absolute Gasteiger partial charge is 0.124 e. The molecule has 79 valence electrons. The van der Waals surface area contributed by atoms with Gasteiger partial charge in [0.15, 0.2) is 0 Å². The average Bonchev–Trinajstić information content (AvgIpc) is 2.01. The fraction of sp³-hybridized carbons (Fsp3) is 1.00. The van der Waals surface area contributed by atoms with Crippen LogP contribution in [0.3, 0.4) is 0 Å². The van der Waals surface area contributed by atoms with Crippen molar-refractivity contribution in [1.82, 2.24) is 0 Å². The first kappa shape index (κ1) is 13.6. The molecule has 0 aliphatic carbocycles. The van der Waals surface area contributed by atoms with Crippen molar-refractivity contribution in [3.8, 4) is 0 Å². The van der Waals surface area contributed by atoms with Crippen LogP contribution in [-0.4, -0.2) is 7.22 Å². The Morgan fingerprint density at radius 2 is 1.31 bits per heavy atom. The van der Waals surface area contributed by atoms with Crippen molar-refractivity contribution < 1.29 is 0 Å². The molecule has 0 fully saturated rings. The number of hydrogen-bond acceptors (Lipinski definition) is 0. The van der Waals surface area contributed by atoms with Crippen LogP contribution in [0.1, 0.15) is 51.9 Å². The maximum absolute atomic E-state index is 5.44. The summed E-state index contributed by atoms with van der Waals surface area (Å²) >= 11 is 5.44. The fourth-order valence-corrected chi connectivity index (χ4v) is 3.04. The molecule has 0 saturated heterocycles. The molecule has 2 heteroatoms. The van der Waals surface area contributed by atoms with Crippen LogP contribution >= 0.6 is 12.1 Å². The molecular weight excluding hydrogens is 192 g/mol. The number of unbranched alkanes of at least 4 members (excludes halogenated alkanes) is 6. The van der Waals surface area contributed by atoms with Gasteiger partial charge in [-0.05, 0) is 6.04 Å². The van der Waals surface area contributed by atoms with Gasteiger partial charge >= 0.3 is 0 Å². The summed E-state index contributed by atoms with van der Waals surface area (Å²) in [7, 11) is -1.15. The molecule has 0 spiro atoms. The highest BCUT2D eigenvalue weighted by molar-refractivity contribution is 8.14. The minimum atomic E-state index is -1.15. The maximum Gasteiger partial charge on any atom is 0.124 e. The van der Waals surface area contributed by atoms with Crippen LogP contribution in [0.5, 0.6) is 0 Å². The highest BCUT2D eigenvalue weighted by atomic mass is 32.3. The lowest BCUT2D eigenvalue weighted by Gasteiger charge is -2.12. The van der Waals surface area contributed by atoms with Gasteiger partial charge in [-0.25, -0.2) is 0 Å². The van der Waals surface area contributed by atoms with Crippen LogP contribution in [0, 0.1) is 0 Å². The summed E-state index contributed by atoms with van der Waals surface area (Å²) in [6.45, 7) is 6.85. The highest BCUT2D eigenvalue weighted by Gasteiger charge is 2.14. The highest BCUT2D eigenvalue weighted by Crippen LogP contribution is 2.18. The van der Waals surface area contributed by atoms with E-state index in [0.29, 0.717) is 0 Å². The van der Waals surface area contributed by atoms with Gasteiger partial charge in [-0.3, -0.25) is 0 Å². The van der Waals surface area contributed by atoms with E-state index in [1.807, 2.05) is 0 Å². The third kappa shape index (κ3) is 12.6. The Morgan fingerprint density at radius 1 is 0.846 bits per heavy atom. The normalized spacial score (nSPS) is 12.0. The third-order valence-corrected chi connectivity index (χ3v) is 4.55. The van der Waals surface area contributed by atoms with Gasteiger partial charge < -0.3 is 0 Å². The van der Waals surface area contributed by atoms with Crippen LogP contribution < -0.4 is 0 Å². The van der Waals surface area contributed by atoms with E-state index in [-0.39, 0.29) is 0 Å². The van der Waals surface area contributed by atoms with Gasteiger partial charge in [-0.15, -0.1) is 12.1 Å². The summed E-state index contributed by atoms with van der Waals surface area (Å²) < 4.78 is 0. The summed E-state index contributed by atoms with van der Waals surface area (Å²) in [6.07, 6.45) is 9.87. The SMILES string of the molecule is CCCCCCCCC[Si](C)(C)[S]. The van der Waals surface area contributed by atoms with Crippen molar-refractivity contribution in [3.05, 3.63) is 0 Å². The first-order valence-corrected chi connectivity index (χ1v) is 10.1. The maximum atomic E-state index is 5.44. The van der Waals surface area contributed by atoms with Crippen molar-refractivity contribution in [3.63, 3.8) is 0 Å². The van der Waals surface area contributed by atoms with Gasteiger partial charge in [0.2, 0.25) is 0 Å². The van der Waals surface area contributed by atoms with Crippen LogP contribution in [-0.2, 0) is 0 Å². The molecule has 0 rings (SSSR count). The summed E-state index contributed by atoms with van der Waals surface area (Å²) in [5.41, 5.74) is 0. The first-order valence-electron chi connectivity index (χ1n) is 5.76. The fourth-order valence-electron chi connectivity index (χ4n) is 1.51. The van der Waals surface area contributed by atoms with Gasteiger partial charge in [-0.1, -0.05) is 65.0 Å². The molecule has 0 aromatic heterocycles.